The van der Waals surface area contributed by atoms with E-state index in [1.54, 1.807) is 6.07 Å². The van der Waals surface area contributed by atoms with E-state index in [1.165, 1.54) is 19.3 Å². The van der Waals surface area contributed by atoms with Crippen molar-refractivity contribution < 1.29 is 24.5 Å². The molecule has 2 saturated carbocycles. The second kappa shape index (κ2) is 5.00. The Bertz CT molecular complexity index is 823. The first kappa shape index (κ1) is 16.6. The van der Waals surface area contributed by atoms with Crippen LogP contribution in [0.4, 0.5) is 0 Å². The minimum absolute atomic E-state index is 0.0530. The molecular formula is C22H30NO4+. The van der Waals surface area contributed by atoms with E-state index in [0.29, 0.717) is 25.0 Å². The summed E-state index contributed by atoms with van der Waals surface area (Å²) >= 11 is 0. The molecule has 1 spiro atoms. The van der Waals surface area contributed by atoms with E-state index in [0.717, 1.165) is 46.8 Å². The van der Waals surface area contributed by atoms with E-state index in [1.807, 2.05) is 6.07 Å². The van der Waals surface area contributed by atoms with Crippen molar-refractivity contribution in [3.8, 4) is 11.5 Å². The van der Waals surface area contributed by atoms with Crippen molar-refractivity contribution in [3.63, 3.8) is 0 Å². The summed E-state index contributed by atoms with van der Waals surface area (Å²) in [6.45, 7) is 2.12. The maximum atomic E-state index is 12.3. The smallest absolute Gasteiger partial charge is 0.137 e. The van der Waals surface area contributed by atoms with Crippen LogP contribution in [0.2, 0.25) is 0 Å². The summed E-state index contributed by atoms with van der Waals surface area (Å²) in [6.07, 6.45) is 5.70. The SMILES string of the molecule is C[N@+]1(CC2CCC2)CC[C@]23c4c5ccc(O)c4C[C@H]1[C@]2(O)CC[C@H](O)C3O5. The molecule has 146 valence electrons. The van der Waals surface area contributed by atoms with E-state index >= 15 is 0 Å². The molecule has 2 heterocycles. The fourth-order valence-corrected chi connectivity index (χ4v) is 7.52. The van der Waals surface area contributed by atoms with Gasteiger partial charge in [0.1, 0.15) is 29.2 Å². The number of aromatic hydroxyl groups is 1. The van der Waals surface area contributed by atoms with Crippen LogP contribution in [0.15, 0.2) is 12.1 Å². The van der Waals surface area contributed by atoms with Gasteiger partial charge in [-0.25, -0.2) is 0 Å². The van der Waals surface area contributed by atoms with Crippen molar-refractivity contribution in [2.24, 2.45) is 5.92 Å². The van der Waals surface area contributed by atoms with Gasteiger partial charge in [-0.05, 0) is 37.8 Å². The summed E-state index contributed by atoms with van der Waals surface area (Å²) in [6, 6.07) is 3.61. The zero-order valence-electron chi connectivity index (χ0n) is 16.0. The molecule has 1 aromatic rings. The highest BCUT2D eigenvalue weighted by Gasteiger charge is 2.76. The normalized spacial score (nSPS) is 47.1. The van der Waals surface area contributed by atoms with Crippen molar-refractivity contribution >= 4 is 0 Å². The first-order valence-electron chi connectivity index (χ1n) is 10.7. The number of rotatable bonds is 2. The molecule has 1 aromatic carbocycles. The highest BCUT2D eigenvalue weighted by molar-refractivity contribution is 5.61. The van der Waals surface area contributed by atoms with E-state index in [2.05, 4.69) is 7.05 Å². The van der Waals surface area contributed by atoms with Crippen LogP contribution in [0.1, 0.15) is 49.7 Å². The van der Waals surface area contributed by atoms with Gasteiger partial charge in [-0.1, -0.05) is 6.42 Å². The molecule has 3 N–H and O–H groups in total. The number of benzene rings is 1. The zero-order chi connectivity index (χ0) is 18.6. The van der Waals surface area contributed by atoms with Crippen LogP contribution >= 0.6 is 0 Å². The Hall–Kier alpha value is -1.30. The molecule has 6 rings (SSSR count). The molecule has 2 aliphatic heterocycles. The Kier molecular flexibility index (Phi) is 3.08. The van der Waals surface area contributed by atoms with Crippen molar-refractivity contribution in [1.82, 2.24) is 0 Å². The maximum absolute atomic E-state index is 12.3. The van der Waals surface area contributed by atoms with E-state index in [-0.39, 0.29) is 6.04 Å². The molecule has 5 nitrogen and oxygen atoms in total. The summed E-state index contributed by atoms with van der Waals surface area (Å²) in [5, 5.41) is 33.8. The Labute approximate surface area is 160 Å². The average molecular weight is 372 g/mol. The highest BCUT2D eigenvalue weighted by atomic mass is 16.5. The van der Waals surface area contributed by atoms with Gasteiger partial charge in [-0.3, -0.25) is 0 Å². The largest absolute Gasteiger partial charge is 0.508 e. The number of hydrogen-bond acceptors (Lipinski definition) is 4. The Balaban J connectivity index is 1.56. The van der Waals surface area contributed by atoms with Gasteiger partial charge in [0.15, 0.2) is 0 Å². The molecule has 3 fully saturated rings. The molecule has 6 atom stereocenters. The minimum Gasteiger partial charge on any atom is -0.508 e. The lowest BCUT2D eigenvalue weighted by Gasteiger charge is -2.65. The summed E-state index contributed by atoms with van der Waals surface area (Å²) in [7, 11) is 2.32. The van der Waals surface area contributed by atoms with Gasteiger partial charge in [-0.15, -0.1) is 0 Å². The third-order valence-electron chi connectivity index (χ3n) is 9.00. The first-order chi connectivity index (χ1) is 12.9. The second-order valence-corrected chi connectivity index (χ2v) is 10.1. The number of hydrogen-bond donors (Lipinski definition) is 3. The quantitative estimate of drug-likeness (QED) is 0.693. The van der Waals surface area contributed by atoms with Crippen LogP contribution in [0, 0.1) is 5.92 Å². The molecule has 0 aromatic heterocycles. The lowest BCUT2D eigenvalue weighted by molar-refractivity contribution is -0.952. The summed E-state index contributed by atoms with van der Waals surface area (Å²) < 4.78 is 7.15. The number of quaternary nitrogens is 1. The second-order valence-electron chi connectivity index (χ2n) is 10.1. The summed E-state index contributed by atoms with van der Waals surface area (Å²) in [4.78, 5) is 0. The molecule has 27 heavy (non-hydrogen) atoms. The van der Waals surface area contributed by atoms with Gasteiger partial charge in [0, 0.05) is 29.9 Å². The summed E-state index contributed by atoms with van der Waals surface area (Å²) in [5.74, 6) is 1.85. The number of aliphatic hydroxyl groups is 2. The maximum Gasteiger partial charge on any atom is 0.137 e. The van der Waals surface area contributed by atoms with Crippen LogP contribution in [-0.2, 0) is 11.8 Å². The molecule has 5 heteroatoms. The first-order valence-corrected chi connectivity index (χ1v) is 10.7. The molecule has 5 aliphatic rings. The van der Waals surface area contributed by atoms with Gasteiger partial charge in [0.05, 0.1) is 31.7 Å². The number of piperidine rings is 1. The lowest BCUT2D eigenvalue weighted by atomic mass is 9.48. The molecular weight excluding hydrogens is 342 g/mol. The molecule has 0 amide bonds. The van der Waals surface area contributed by atoms with E-state index in [9.17, 15) is 15.3 Å². The number of ether oxygens (including phenoxy) is 1. The van der Waals surface area contributed by atoms with Gasteiger partial charge < -0.3 is 24.5 Å². The lowest BCUT2D eigenvalue weighted by Crippen LogP contribution is -2.81. The number of nitrogens with zero attached hydrogens (tertiary/aromatic N) is 1. The number of phenolic OH excluding ortho intramolecular Hbond substituents is 1. The van der Waals surface area contributed by atoms with Gasteiger partial charge >= 0.3 is 0 Å². The minimum atomic E-state index is -0.875. The molecule has 1 unspecified atom stereocenters. The van der Waals surface area contributed by atoms with Crippen LogP contribution in [-0.4, -0.2) is 63.8 Å². The number of aliphatic hydroxyl groups excluding tert-OH is 1. The van der Waals surface area contributed by atoms with Crippen LogP contribution < -0.4 is 4.74 Å². The fraction of sp³-hybridized carbons (Fsp3) is 0.727. The number of phenols is 1. The van der Waals surface area contributed by atoms with Crippen LogP contribution in [0.3, 0.4) is 0 Å². The standard InChI is InChI=1S/C22H29NO4/c1-23(12-13-3-2-4-13)10-9-21-19-14-11-18(23)22(21,26)8-7-16(25)20(21)27-17(19)6-5-15(14)24/h5-6,13,16,18,20,25-26H,2-4,7-12H2,1H3/p+1/t16-,18-,20?,21+,22+,23+/m0/s1. The molecule has 1 saturated heterocycles. The van der Waals surface area contributed by atoms with Gasteiger partial charge in [0.25, 0.3) is 0 Å². The van der Waals surface area contributed by atoms with Crippen molar-refractivity contribution in [1.29, 1.82) is 0 Å². The highest BCUT2D eigenvalue weighted by Crippen LogP contribution is 2.66. The Morgan fingerprint density at radius 3 is 2.78 bits per heavy atom. The fourth-order valence-electron chi connectivity index (χ4n) is 7.52. The molecule has 0 radical (unpaired) electrons. The van der Waals surface area contributed by atoms with Crippen LogP contribution in [0.25, 0.3) is 0 Å². The predicted molar refractivity (Wildman–Crippen MR) is 99.8 cm³/mol. The van der Waals surface area contributed by atoms with E-state index in [4.69, 9.17) is 4.74 Å². The molecule has 2 bridgehead atoms. The number of likely N-dealkylation sites (N-methyl/N-ethyl adjacent to an activating group) is 1. The monoisotopic (exact) mass is 372 g/mol. The topological polar surface area (TPSA) is 69.9 Å². The average Bonchev–Trinajstić information content (AvgIpc) is 2.95. The summed E-state index contributed by atoms with van der Waals surface area (Å²) in [5.41, 5.74) is 0.505. The van der Waals surface area contributed by atoms with Gasteiger partial charge in [0.2, 0.25) is 0 Å². The van der Waals surface area contributed by atoms with Crippen molar-refractivity contribution in [2.75, 3.05) is 20.1 Å². The number of likely N-dealkylation sites (tertiary alicyclic amines) is 1. The third-order valence-corrected chi connectivity index (χ3v) is 9.00. The van der Waals surface area contributed by atoms with Crippen LogP contribution in [0.5, 0.6) is 11.5 Å². The van der Waals surface area contributed by atoms with Crippen molar-refractivity contribution in [3.05, 3.63) is 23.3 Å². The molecule has 3 aliphatic carbocycles. The zero-order valence-corrected chi connectivity index (χ0v) is 16.0. The Morgan fingerprint density at radius 2 is 2.04 bits per heavy atom. The predicted octanol–water partition coefficient (Wildman–Crippen LogP) is 1.85. The Morgan fingerprint density at radius 1 is 1.22 bits per heavy atom. The van der Waals surface area contributed by atoms with Gasteiger partial charge in [-0.2, -0.15) is 0 Å². The van der Waals surface area contributed by atoms with Crippen molar-refractivity contribution in [2.45, 2.75) is 74.2 Å². The third kappa shape index (κ3) is 1.77. The van der Waals surface area contributed by atoms with E-state index < -0.39 is 23.2 Å².